The van der Waals surface area contributed by atoms with E-state index in [0.717, 1.165) is 43.2 Å². The van der Waals surface area contributed by atoms with Crippen LogP contribution in [0.4, 0.5) is 15.3 Å². The Bertz CT molecular complexity index is 2380. The summed E-state index contributed by atoms with van der Waals surface area (Å²) >= 11 is 0. The van der Waals surface area contributed by atoms with E-state index in [1.165, 1.54) is 81.2 Å². The molecule has 7 rings (SSSR count). The van der Waals surface area contributed by atoms with Gasteiger partial charge in [0.2, 0.25) is 12.6 Å². The molecule has 3 N–H and O–H groups in total. The van der Waals surface area contributed by atoms with Crippen LogP contribution in [0, 0.1) is 27.9 Å². The van der Waals surface area contributed by atoms with E-state index in [1.807, 2.05) is 12.1 Å². The third kappa shape index (κ3) is 13.7. The van der Waals surface area contributed by atoms with Gasteiger partial charge in [0.05, 0.1) is 23.2 Å². The number of carbonyl (C=O) groups excluding carboxylic acids is 2. The number of amides is 2. The zero-order valence-electron chi connectivity index (χ0n) is 42.5. The maximum atomic E-state index is 15.1. The summed E-state index contributed by atoms with van der Waals surface area (Å²) < 4.78 is 37.9. The third-order valence-corrected chi connectivity index (χ3v) is 14.5. The zero-order chi connectivity index (χ0) is 51.6. The Hall–Kier alpha value is -6.17. The summed E-state index contributed by atoms with van der Waals surface area (Å²) in [7, 11) is 1.47. The predicted octanol–water partition coefficient (Wildman–Crippen LogP) is 11.3. The number of rotatable bonds is 29. The fourth-order valence-electron chi connectivity index (χ4n) is 11.1. The number of nitro groups is 1. The second-order valence-electron chi connectivity index (χ2n) is 19.4. The average molecular weight is 1010 g/mol. The number of nitrogens with zero attached hydrogens (tertiary/aromatic N) is 3. The molecule has 0 aromatic heterocycles. The number of aliphatic hydroxyl groups is 2. The molecule has 2 aliphatic carbocycles. The van der Waals surface area contributed by atoms with Gasteiger partial charge in [-0.1, -0.05) is 101 Å². The first kappa shape index (κ1) is 54.6. The Morgan fingerprint density at radius 3 is 2.25 bits per heavy atom. The highest BCUT2D eigenvalue weighted by Crippen LogP contribution is 2.62. The number of unbranched alkanes of at least 4 members (excludes halogenated alkanes) is 11. The van der Waals surface area contributed by atoms with Gasteiger partial charge in [0.25, 0.3) is 5.69 Å². The first-order chi connectivity index (χ1) is 35.6. The number of non-ortho nitro benzene ring substituents is 1. The van der Waals surface area contributed by atoms with E-state index in [2.05, 4.69) is 30.1 Å². The zero-order valence-corrected chi connectivity index (χ0v) is 42.5. The van der Waals surface area contributed by atoms with Gasteiger partial charge in [-0.3, -0.25) is 15.0 Å². The fourth-order valence-corrected chi connectivity index (χ4v) is 11.1. The molecular weight excluding hydrogens is 937 g/mol. The van der Waals surface area contributed by atoms with Crippen LogP contribution in [-0.2, 0) is 16.1 Å². The average Bonchev–Trinajstić information content (AvgIpc) is 3.86. The molecule has 3 aromatic rings. The molecule has 17 nitrogen and oxygen atoms in total. The number of hydrogen-bond acceptors (Lipinski definition) is 14. The van der Waals surface area contributed by atoms with E-state index < -0.39 is 40.8 Å². The molecule has 3 aromatic carbocycles. The first-order valence-electron chi connectivity index (χ1n) is 26.3. The van der Waals surface area contributed by atoms with Crippen LogP contribution in [-0.4, -0.2) is 90.0 Å². The standard InChI is InChI=1S/C56H74N4O13/c1-4-6-7-8-9-10-11-12-13-16-29-57-54(63)71-43-26-28-48-46(35-43)52-44(20-15-18-31-62)40(19-14-17-30-61)34-45-47(58-67-3)36-51(56(73-48,53(45)52)70-32-5-2)59(37-39-21-27-49-50(33-39)69-38-68-49)55(64)72-42-24-22-41(23-25-42)60(65)66/h5,21-28,33-35,40,44,51-53,61-62H,2,4,6-20,29-32,36-38H2,1,3H3,(H,57,63)/t40-,44+,51-,52+,53+,56+/m0/s1. The van der Waals surface area contributed by atoms with Crippen LogP contribution < -0.4 is 29.0 Å². The maximum absolute atomic E-state index is 15.1. The molecule has 1 saturated carbocycles. The summed E-state index contributed by atoms with van der Waals surface area (Å²) in [5, 5.41) is 39.2. The van der Waals surface area contributed by atoms with Gasteiger partial charge in [0.1, 0.15) is 30.4 Å². The summed E-state index contributed by atoms with van der Waals surface area (Å²) in [6.07, 6.45) is 18.5. The molecule has 0 unspecified atom stereocenters. The van der Waals surface area contributed by atoms with Crippen LogP contribution in [0.5, 0.6) is 28.7 Å². The van der Waals surface area contributed by atoms with Crippen LogP contribution in [0.1, 0.15) is 133 Å². The number of allylic oxidation sites excluding steroid dienone is 1. The molecule has 0 saturated heterocycles. The van der Waals surface area contributed by atoms with Crippen LogP contribution in [0.2, 0.25) is 0 Å². The van der Waals surface area contributed by atoms with E-state index >= 15 is 4.79 Å². The summed E-state index contributed by atoms with van der Waals surface area (Å²) in [5.41, 5.74) is 2.66. The van der Waals surface area contributed by atoms with E-state index in [4.69, 9.17) is 33.3 Å². The van der Waals surface area contributed by atoms with E-state index in [1.54, 1.807) is 30.3 Å². The number of hydrogen-bond donors (Lipinski definition) is 3. The van der Waals surface area contributed by atoms with Gasteiger partial charge in [0, 0.05) is 56.3 Å². The molecule has 0 spiro atoms. The van der Waals surface area contributed by atoms with Crippen molar-refractivity contribution in [2.45, 2.75) is 140 Å². The van der Waals surface area contributed by atoms with E-state index in [9.17, 15) is 25.1 Å². The summed E-state index contributed by atoms with van der Waals surface area (Å²) in [5.74, 6) is -0.879. The Morgan fingerprint density at radius 2 is 1.55 bits per heavy atom. The van der Waals surface area contributed by atoms with Gasteiger partial charge in [-0.15, -0.1) is 6.58 Å². The highest BCUT2D eigenvalue weighted by molar-refractivity contribution is 6.03. The van der Waals surface area contributed by atoms with Crippen molar-refractivity contribution in [2.24, 2.45) is 22.9 Å². The minimum atomic E-state index is -1.64. The van der Waals surface area contributed by atoms with Crippen molar-refractivity contribution < 1.29 is 58.0 Å². The summed E-state index contributed by atoms with van der Waals surface area (Å²) in [6.45, 7) is 6.84. The molecule has 2 aliphatic heterocycles. The van der Waals surface area contributed by atoms with E-state index in [-0.39, 0.29) is 62.9 Å². The van der Waals surface area contributed by atoms with Crippen molar-refractivity contribution in [1.29, 1.82) is 0 Å². The molecule has 396 valence electrons. The molecule has 1 fully saturated rings. The SMILES string of the molecule is C=CCO[C@@]12Oc3ccc(OC(=O)NCCCCCCCCCCCC)cc3[C@H]3[C@H](CCCCO)[C@@H](CCCCO)C=C(C(=NOC)C[C@@H]1N(Cc1ccc4c(c1)OCO4)C(=O)Oc1ccc([N+](=O)[O-])cc1)[C@H]32. The topological polar surface area (TPSA) is 210 Å². The van der Waals surface area contributed by atoms with Crippen molar-refractivity contribution in [2.75, 3.05) is 40.3 Å². The second-order valence-corrected chi connectivity index (χ2v) is 19.4. The van der Waals surface area contributed by atoms with Gasteiger partial charge < -0.3 is 48.8 Å². The molecule has 4 aliphatic rings. The minimum Gasteiger partial charge on any atom is -0.459 e. The number of carbonyl (C=O) groups is 2. The maximum Gasteiger partial charge on any atom is 0.416 e. The Kier molecular flexibility index (Phi) is 20.4. The lowest BCUT2D eigenvalue weighted by Crippen LogP contribution is -2.70. The number of oxime groups is 1. The second kappa shape index (κ2) is 27.2. The van der Waals surface area contributed by atoms with Crippen LogP contribution in [0.25, 0.3) is 0 Å². The molecule has 17 heteroatoms. The molecular formula is C56H74N4O13. The molecule has 73 heavy (non-hydrogen) atoms. The Morgan fingerprint density at radius 1 is 0.863 bits per heavy atom. The number of ether oxygens (including phenoxy) is 6. The highest BCUT2D eigenvalue weighted by atomic mass is 16.7. The van der Waals surface area contributed by atoms with Crippen molar-refractivity contribution in [3.05, 3.63) is 106 Å². The lowest BCUT2D eigenvalue weighted by atomic mass is 9.55. The Labute approximate surface area is 429 Å². The van der Waals surface area contributed by atoms with E-state index in [0.29, 0.717) is 66.5 Å². The van der Waals surface area contributed by atoms with Crippen LogP contribution in [0.3, 0.4) is 0 Å². The number of nitro benzene ring substituents is 1. The number of benzene rings is 3. The summed E-state index contributed by atoms with van der Waals surface area (Å²) in [6, 6.07) is 15.0. The smallest absolute Gasteiger partial charge is 0.416 e. The van der Waals surface area contributed by atoms with Gasteiger partial charge in [-0.05, 0) is 97.5 Å². The number of nitrogens with one attached hydrogen (secondary N) is 1. The van der Waals surface area contributed by atoms with Crippen molar-refractivity contribution >= 4 is 23.6 Å². The lowest BCUT2D eigenvalue weighted by molar-refractivity contribution is -0.384. The monoisotopic (exact) mass is 1010 g/mol. The molecule has 2 heterocycles. The van der Waals surface area contributed by atoms with Gasteiger partial charge in [-0.2, -0.15) is 0 Å². The third-order valence-electron chi connectivity index (χ3n) is 14.5. The number of fused-ring (bicyclic) bond motifs is 3. The van der Waals surface area contributed by atoms with Gasteiger partial charge >= 0.3 is 12.2 Å². The molecule has 0 bridgehead atoms. The highest BCUT2D eigenvalue weighted by Gasteiger charge is 2.66. The van der Waals surface area contributed by atoms with Crippen molar-refractivity contribution in [1.82, 2.24) is 10.2 Å². The van der Waals surface area contributed by atoms with Crippen molar-refractivity contribution in [3.63, 3.8) is 0 Å². The van der Waals surface area contributed by atoms with Crippen LogP contribution in [0.15, 0.2) is 90.1 Å². The van der Waals surface area contributed by atoms with Crippen molar-refractivity contribution in [3.8, 4) is 28.7 Å². The largest absolute Gasteiger partial charge is 0.459 e. The van der Waals surface area contributed by atoms with Gasteiger partial charge in [-0.25, -0.2) is 9.59 Å². The molecule has 6 atom stereocenters. The predicted molar refractivity (Wildman–Crippen MR) is 275 cm³/mol. The quantitative estimate of drug-likeness (QED) is 0.0256. The normalized spacial score (nSPS) is 21.8. The molecule has 2 amide bonds. The van der Waals surface area contributed by atoms with Gasteiger partial charge in [0.15, 0.2) is 11.5 Å². The lowest BCUT2D eigenvalue weighted by Gasteiger charge is -2.59. The Balaban J connectivity index is 1.28. The first-order valence-corrected chi connectivity index (χ1v) is 26.3. The number of aliphatic hydroxyl groups excluding tert-OH is 2. The minimum absolute atomic E-state index is 0.0177. The van der Waals surface area contributed by atoms with Crippen LogP contribution >= 0.6 is 0 Å². The fraction of sp³-hybridized carbons (Fsp3) is 0.554. The molecule has 0 radical (unpaired) electrons. The summed E-state index contributed by atoms with van der Waals surface area (Å²) in [4.78, 5) is 46.7.